The molecule has 4 aromatic heterocycles. The summed E-state index contributed by atoms with van der Waals surface area (Å²) >= 11 is 0. The molecule has 0 atom stereocenters. The zero-order valence-corrected chi connectivity index (χ0v) is 35.1. The third kappa shape index (κ3) is 4.83. The Kier molecular flexibility index (Phi) is 7.25. The molecule has 0 saturated carbocycles. The number of hydrogen-bond acceptors (Lipinski definition) is 2. The number of aryl methyl sites for hydroxylation is 4. The fraction of sp³-hybridized carbons (Fsp3) is 0.0690. The van der Waals surface area contributed by atoms with Crippen molar-refractivity contribution in [2.75, 3.05) is 9.80 Å². The van der Waals surface area contributed by atoms with Crippen molar-refractivity contribution < 1.29 is 0 Å². The summed E-state index contributed by atoms with van der Waals surface area (Å²) in [7, 11) is 0. The number of fused-ring (bicyclic) bond motifs is 12. The van der Waals surface area contributed by atoms with E-state index in [1.54, 1.807) is 0 Å². The van der Waals surface area contributed by atoms with Crippen molar-refractivity contribution in [3.05, 3.63) is 204 Å². The molecule has 0 saturated heterocycles. The maximum Gasteiger partial charge on any atom is 0.0641 e. The Hall–Kier alpha value is -7.82. The second kappa shape index (κ2) is 12.8. The summed E-state index contributed by atoms with van der Waals surface area (Å²) in [6.45, 7) is 8.62. The summed E-state index contributed by atoms with van der Waals surface area (Å²) in [5, 5.41) is 10.1. The van der Waals surface area contributed by atoms with E-state index in [-0.39, 0.29) is 0 Å². The summed E-state index contributed by atoms with van der Waals surface area (Å²) in [6, 6.07) is 68.0. The van der Waals surface area contributed by atoms with Gasteiger partial charge in [0.15, 0.2) is 0 Å². The number of hydrogen-bond donors (Lipinski definition) is 0. The molecule has 4 heteroatoms. The molecule has 4 heterocycles. The minimum absolute atomic E-state index is 1.14. The fourth-order valence-corrected chi connectivity index (χ4v) is 10.5. The summed E-state index contributed by atoms with van der Waals surface area (Å²) in [5.41, 5.74) is 19.3. The van der Waals surface area contributed by atoms with E-state index in [0.717, 1.165) is 22.7 Å². The van der Waals surface area contributed by atoms with E-state index in [4.69, 9.17) is 0 Å². The number of rotatable bonds is 6. The van der Waals surface area contributed by atoms with E-state index < -0.39 is 0 Å². The molecule has 62 heavy (non-hydrogen) atoms. The molecule has 13 rings (SSSR count). The number of para-hydroxylation sites is 2. The van der Waals surface area contributed by atoms with Crippen LogP contribution < -0.4 is 9.80 Å². The third-order valence-electron chi connectivity index (χ3n) is 13.4. The predicted molar refractivity (Wildman–Crippen MR) is 264 cm³/mol. The third-order valence-corrected chi connectivity index (χ3v) is 13.4. The Morgan fingerprint density at radius 2 is 0.613 bits per heavy atom. The lowest BCUT2D eigenvalue weighted by atomic mass is 10.0. The molecular weight excluding hydrogens is 753 g/mol. The van der Waals surface area contributed by atoms with E-state index in [1.807, 2.05) is 0 Å². The van der Waals surface area contributed by atoms with Gasteiger partial charge in [0.05, 0.1) is 44.5 Å². The highest BCUT2D eigenvalue weighted by atomic mass is 15.2. The largest absolute Gasteiger partial charge is 0.310 e. The van der Waals surface area contributed by atoms with E-state index >= 15 is 0 Å². The molecule has 0 bridgehead atoms. The molecule has 0 aliphatic heterocycles. The monoisotopic (exact) mass is 794 g/mol. The molecule has 0 radical (unpaired) electrons. The van der Waals surface area contributed by atoms with Crippen LogP contribution in [0.1, 0.15) is 22.3 Å². The van der Waals surface area contributed by atoms with Gasteiger partial charge in [-0.1, -0.05) is 119 Å². The lowest BCUT2D eigenvalue weighted by Crippen LogP contribution is -2.10. The maximum absolute atomic E-state index is 2.54. The van der Waals surface area contributed by atoms with Crippen LogP contribution in [-0.4, -0.2) is 8.80 Å². The van der Waals surface area contributed by atoms with Crippen LogP contribution in [-0.2, 0) is 0 Å². The van der Waals surface area contributed by atoms with Crippen LogP contribution in [0.4, 0.5) is 34.1 Å². The van der Waals surface area contributed by atoms with Crippen molar-refractivity contribution in [1.29, 1.82) is 0 Å². The zero-order valence-electron chi connectivity index (χ0n) is 35.1. The zero-order chi connectivity index (χ0) is 41.4. The molecule has 0 fully saturated rings. The molecule has 0 spiro atoms. The van der Waals surface area contributed by atoms with Crippen molar-refractivity contribution >= 4 is 110 Å². The van der Waals surface area contributed by atoms with Gasteiger partial charge >= 0.3 is 0 Å². The first-order chi connectivity index (χ1) is 30.4. The molecule has 0 aliphatic carbocycles. The van der Waals surface area contributed by atoms with Crippen LogP contribution in [0, 0.1) is 27.7 Å². The number of benzene rings is 9. The Morgan fingerprint density at radius 3 is 0.952 bits per heavy atom. The predicted octanol–water partition coefficient (Wildman–Crippen LogP) is 16.2. The van der Waals surface area contributed by atoms with Gasteiger partial charge in [0.1, 0.15) is 0 Å². The SMILES string of the molecule is Cc1ccc(N(c2ccc(C)cc2)c2ccc3c4cc5c(cc4n4c6ccccc6c2c34)c2ccc(N(c3ccc(C)cc3)c3ccc(C)cc3)c3c4ccccc4n5c23)cc1. The maximum atomic E-state index is 2.54. The van der Waals surface area contributed by atoms with Crippen LogP contribution in [0.15, 0.2) is 182 Å². The fourth-order valence-electron chi connectivity index (χ4n) is 10.5. The summed E-state index contributed by atoms with van der Waals surface area (Å²) < 4.78 is 5.07. The average molecular weight is 795 g/mol. The molecule has 13 aromatic rings. The van der Waals surface area contributed by atoms with E-state index in [2.05, 4.69) is 228 Å². The van der Waals surface area contributed by atoms with Gasteiger partial charge in [-0.15, -0.1) is 0 Å². The Balaban J connectivity index is 1.12. The smallest absolute Gasteiger partial charge is 0.0641 e. The first kappa shape index (κ1) is 35.0. The van der Waals surface area contributed by atoms with Crippen molar-refractivity contribution in [3.63, 3.8) is 0 Å². The molecule has 0 N–H and O–H groups in total. The number of nitrogens with zero attached hydrogens (tertiary/aromatic N) is 4. The Bertz CT molecular complexity index is 3520. The van der Waals surface area contributed by atoms with Gasteiger partial charge in [0, 0.05) is 65.8 Å². The quantitative estimate of drug-likeness (QED) is 0.167. The first-order valence-electron chi connectivity index (χ1n) is 21.6. The van der Waals surface area contributed by atoms with Gasteiger partial charge in [-0.05, 0) is 113 Å². The summed E-state index contributed by atoms with van der Waals surface area (Å²) in [5.74, 6) is 0. The Labute approximate surface area is 359 Å². The van der Waals surface area contributed by atoms with Crippen LogP contribution in [0.2, 0.25) is 0 Å². The summed E-state index contributed by atoms with van der Waals surface area (Å²) in [4.78, 5) is 4.87. The highest BCUT2D eigenvalue weighted by Gasteiger charge is 2.28. The van der Waals surface area contributed by atoms with E-state index in [0.29, 0.717) is 0 Å². The number of anilines is 6. The van der Waals surface area contributed by atoms with Crippen LogP contribution >= 0.6 is 0 Å². The highest BCUT2D eigenvalue weighted by molar-refractivity contribution is 6.32. The van der Waals surface area contributed by atoms with Crippen LogP contribution in [0.3, 0.4) is 0 Å². The van der Waals surface area contributed by atoms with E-state index in [9.17, 15) is 0 Å². The molecule has 9 aromatic carbocycles. The van der Waals surface area contributed by atoms with Crippen molar-refractivity contribution in [1.82, 2.24) is 8.80 Å². The average Bonchev–Trinajstić information content (AvgIpc) is 4.02. The second-order valence-electron chi connectivity index (χ2n) is 17.3. The van der Waals surface area contributed by atoms with Gasteiger partial charge in [-0.2, -0.15) is 0 Å². The second-order valence-corrected chi connectivity index (χ2v) is 17.3. The molecular formula is C58H42N4. The lowest BCUT2D eigenvalue weighted by Gasteiger charge is -2.27. The van der Waals surface area contributed by atoms with Crippen molar-refractivity contribution in [2.45, 2.75) is 27.7 Å². The van der Waals surface area contributed by atoms with Gasteiger partial charge in [0.2, 0.25) is 0 Å². The normalized spacial score (nSPS) is 12.2. The topological polar surface area (TPSA) is 15.3 Å². The first-order valence-corrected chi connectivity index (χ1v) is 21.6. The minimum atomic E-state index is 1.14. The Morgan fingerprint density at radius 1 is 0.290 bits per heavy atom. The van der Waals surface area contributed by atoms with Gasteiger partial charge in [-0.3, -0.25) is 0 Å². The number of aromatic nitrogens is 2. The molecule has 0 aliphatic rings. The van der Waals surface area contributed by atoms with Gasteiger partial charge < -0.3 is 18.6 Å². The molecule has 0 amide bonds. The minimum Gasteiger partial charge on any atom is -0.310 e. The molecule has 4 nitrogen and oxygen atoms in total. The van der Waals surface area contributed by atoms with E-state index in [1.165, 1.54) is 110 Å². The standard InChI is InChI=1S/C58H42N4/c1-35-13-21-39(22-14-35)59(40-23-15-36(2)16-24-40)51-31-29-43-47-33-54-48(34-53(47)61-49-11-7-5-9-45(49)55(51)57(43)61)44-30-32-52(56-46-10-6-8-12-50(46)62(54)58(44)56)60(41-25-17-37(3)18-26-41)42-27-19-38(4)20-28-42/h5-34H,1-4H3. The van der Waals surface area contributed by atoms with Crippen LogP contribution in [0.5, 0.6) is 0 Å². The molecule has 294 valence electrons. The van der Waals surface area contributed by atoms with Crippen LogP contribution in [0.25, 0.3) is 76.2 Å². The summed E-state index contributed by atoms with van der Waals surface area (Å²) in [6.07, 6.45) is 0. The van der Waals surface area contributed by atoms with Gasteiger partial charge in [-0.25, -0.2) is 0 Å². The molecule has 0 unspecified atom stereocenters. The lowest BCUT2D eigenvalue weighted by molar-refractivity contribution is 1.28. The van der Waals surface area contributed by atoms with Crippen molar-refractivity contribution in [2.24, 2.45) is 0 Å². The van der Waals surface area contributed by atoms with Crippen molar-refractivity contribution in [3.8, 4) is 0 Å². The van der Waals surface area contributed by atoms with Gasteiger partial charge in [0.25, 0.3) is 0 Å². The highest BCUT2D eigenvalue weighted by Crippen LogP contribution is 2.51.